The van der Waals surface area contributed by atoms with Gasteiger partial charge in [-0.05, 0) is 0 Å². The molecular weight excluding hydrogens is 302 g/mol. The van der Waals surface area contributed by atoms with E-state index < -0.39 is 0 Å². The number of hydrogen-bond donors (Lipinski definition) is 0. The molecule has 0 N–H and O–H groups in total. The van der Waals surface area contributed by atoms with Crippen LogP contribution in [0.2, 0.25) is 0 Å². The minimum atomic E-state index is 0.0674. The molecule has 0 saturated carbocycles. The summed E-state index contributed by atoms with van der Waals surface area (Å²) in [5.74, 6) is 4.75. The van der Waals surface area contributed by atoms with Crippen LogP contribution in [-0.4, -0.2) is 0 Å². The van der Waals surface area contributed by atoms with E-state index in [9.17, 15) is 0 Å². The SMILES string of the molecule is C#CC#C[I-]I. The molecule has 0 heterocycles. The minimum absolute atomic E-state index is 0.0674. The number of halogens is 2. The van der Waals surface area contributed by atoms with Crippen LogP contribution < -0.4 is 17.2 Å². The van der Waals surface area contributed by atoms with Gasteiger partial charge in [0.25, 0.3) is 0 Å². The van der Waals surface area contributed by atoms with Crippen LogP contribution >= 0.6 is 18.6 Å². The van der Waals surface area contributed by atoms with Gasteiger partial charge in [0.2, 0.25) is 0 Å². The van der Waals surface area contributed by atoms with E-state index in [0.717, 1.165) is 0 Å². The third-order valence-corrected chi connectivity index (χ3v) is 2.00. The van der Waals surface area contributed by atoms with Crippen LogP contribution in [0.3, 0.4) is 0 Å². The van der Waals surface area contributed by atoms with E-state index in [1.807, 2.05) is 0 Å². The molecule has 0 unspecified atom stereocenters. The summed E-state index contributed by atoms with van der Waals surface area (Å²) in [5, 5.41) is 0. The summed E-state index contributed by atoms with van der Waals surface area (Å²) in [6, 6.07) is 0. The number of rotatable bonds is 0. The molecule has 0 aromatic rings. The van der Waals surface area contributed by atoms with E-state index in [-0.39, 0.29) is 17.2 Å². The first-order valence-corrected chi connectivity index (χ1v) is 8.48. The van der Waals surface area contributed by atoms with Crippen LogP contribution in [0.25, 0.3) is 0 Å². The molecule has 6 heavy (non-hydrogen) atoms. The Morgan fingerprint density at radius 2 is 2.33 bits per heavy atom. The third kappa shape index (κ3) is 4.58. The van der Waals surface area contributed by atoms with E-state index in [2.05, 4.69) is 34.4 Å². The topological polar surface area (TPSA) is 0 Å². The second-order valence-electron chi connectivity index (χ2n) is 0.435. The summed E-state index contributed by atoms with van der Waals surface area (Å²) in [5.41, 5.74) is 0. The average Bonchev–Trinajstić information content (AvgIpc) is 1.61. The van der Waals surface area contributed by atoms with Crippen molar-refractivity contribution in [3.8, 4) is 22.2 Å². The maximum atomic E-state index is 4.81. The van der Waals surface area contributed by atoms with Gasteiger partial charge in [0.1, 0.15) is 0 Å². The van der Waals surface area contributed by atoms with Crippen molar-refractivity contribution in [2.45, 2.75) is 0 Å². The van der Waals surface area contributed by atoms with Crippen LogP contribution in [0.5, 0.6) is 0 Å². The van der Waals surface area contributed by atoms with Gasteiger partial charge >= 0.3 is 58.0 Å². The zero-order valence-corrected chi connectivity index (χ0v) is 7.15. The normalized spacial score (nSPS) is 5.33. The quantitative estimate of drug-likeness (QED) is 0.359. The molecule has 0 spiro atoms. The molecule has 0 amide bonds. The van der Waals surface area contributed by atoms with Gasteiger partial charge in [0.05, 0.1) is 0 Å². The van der Waals surface area contributed by atoms with Crippen LogP contribution in [0.15, 0.2) is 0 Å². The van der Waals surface area contributed by atoms with Crippen molar-refractivity contribution in [3.05, 3.63) is 0 Å². The Labute approximate surface area is 57.5 Å². The molecule has 0 aromatic carbocycles. The molecule has 0 saturated heterocycles. The zero-order chi connectivity index (χ0) is 4.83. The fourth-order valence-electron chi connectivity index (χ4n) is 0.0451. The first-order valence-electron chi connectivity index (χ1n) is 1.12. The van der Waals surface area contributed by atoms with Crippen molar-refractivity contribution in [1.82, 2.24) is 0 Å². The monoisotopic (exact) mass is 303 g/mol. The Balaban J connectivity index is 3.22. The Morgan fingerprint density at radius 3 is 2.50 bits per heavy atom. The molecule has 0 aliphatic rings. The number of hydrogen-bond acceptors (Lipinski definition) is 0. The molecule has 0 fully saturated rings. The van der Waals surface area contributed by atoms with Gasteiger partial charge < -0.3 is 0 Å². The molecule has 0 rings (SSSR count). The molecule has 0 aliphatic heterocycles. The summed E-state index contributed by atoms with van der Waals surface area (Å²) in [7, 11) is 0. The molecular formula is C4HI2-. The predicted octanol–water partition coefficient (Wildman–Crippen LogP) is -1.98. The third-order valence-electron chi connectivity index (χ3n) is 0.155. The molecule has 0 bridgehead atoms. The van der Waals surface area contributed by atoms with E-state index in [1.165, 1.54) is 0 Å². The predicted molar refractivity (Wildman–Crippen MR) is 30.6 cm³/mol. The van der Waals surface area contributed by atoms with Gasteiger partial charge in [-0.1, -0.05) is 0 Å². The van der Waals surface area contributed by atoms with Crippen molar-refractivity contribution in [2.75, 3.05) is 0 Å². The Kier molecular flexibility index (Phi) is 6.12. The first kappa shape index (κ1) is 6.58. The Bertz CT molecular complexity index is 110. The first-order chi connectivity index (χ1) is 2.91. The van der Waals surface area contributed by atoms with Crippen molar-refractivity contribution < 1.29 is 17.2 Å². The van der Waals surface area contributed by atoms with E-state index in [1.54, 1.807) is 0 Å². The second kappa shape index (κ2) is 5.58. The van der Waals surface area contributed by atoms with Gasteiger partial charge in [-0.15, -0.1) is 0 Å². The van der Waals surface area contributed by atoms with E-state index in [0.29, 0.717) is 0 Å². The fourth-order valence-corrected chi connectivity index (χ4v) is 0.987. The zero-order valence-electron chi connectivity index (χ0n) is 2.83. The summed E-state index contributed by atoms with van der Waals surface area (Å²) in [6.45, 7) is 0. The average molecular weight is 303 g/mol. The second-order valence-corrected chi connectivity index (χ2v) is 4.12. The van der Waals surface area contributed by atoms with Crippen LogP contribution in [0, 0.1) is 22.2 Å². The van der Waals surface area contributed by atoms with E-state index >= 15 is 0 Å². The Morgan fingerprint density at radius 1 is 1.67 bits per heavy atom. The van der Waals surface area contributed by atoms with E-state index in [4.69, 9.17) is 6.42 Å². The van der Waals surface area contributed by atoms with Crippen molar-refractivity contribution in [2.24, 2.45) is 0 Å². The molecule has 0 nitrogen and oxygen atoms in total. The maximum absolute atomic E-state index is 4.81. The van der Waals surface area contributed by atoms with Gasteiger partial charge in [0, 0.05) is 0 Å². The van der Waals surface area contributed by atoms with Crippen LogP contribution in [-0.2, 0) is 0 Å². The summed E-state index contributed by atoms with van der Waals surface area (Å²) in [4.78, 5) is 0. The summed E-state index contributed by atoms with van der Waals surface area (Å²) in [6.07, 6.45) is 4.81. The summed E-state index contributed by atoms with van der Waals surface area (Å²) < 4.78 is 2.81. The Hall–Kier alpha value is 0.580. The van der Waals surface area contributed by atoms with Crippen molar-refractivity contribution in [3.63, 3.8) is 0 Å². The van der Waals surface area contributed by atoms with Gasteiger partial charge in [-0.25, -0.2) is 0 Å². The molecule has 2 heteroatoms. The van der Waals surface area contributed by atoms with Gasteiger partial charge in [-0.3, -0.25) is 0 Å². The van der Waals surface area contributed by atoms with Gasteiger partial charge in [0.15, 0.2) is 0 Å². The number of terminal acetylenes is 1. The molecule has 0 aliphatic carbocycles. The molecule has 32 valence electrons. The fraction of sp³-hybridized carbons (Fsp3) is 0. The summed E-state index contributed by atoms with van der Waals surface area (Å²) >= 11 is 2.32. The van der Waals surface area contributed by atoms with Crippen molar-refractivity contribution in [1.29, 1.82) is 0 Å². The molecule has 0 aromatic heterocycles. The molecule has 0 radical (unpaired) electrons. The standard InChI is InChI=1S/C4HI2/c1-2-3-4-6-5/h1H/q-1. The van der Waals surface area contributed by atoms with Crippen LogP contribution in [0.4, 0.5) is 0 Å². The van der Waals surface area contributed by atoms with Crippen molar-refractivity contribution >= 4 is 18.6 Å². The van der Waals surface area contributed by atoms with Gasteiger partial charge in [-0.2, -0.15) is 0 Å². The van der Waals surface area contributed by atoms with Crippen LogP contribution in [0.1, 0.15) is 0 Å². The molecule has 0 atom stereocenters.